The molecule has 1 aromatic carbocycles. The van der Waals surface area contributed by atoms with Crippen molar-refractivity contribution in [2.45, 2.75) is 12.8 Å². The van der Waals surface area contributed by atoms with Gasteiger partial charge < -0.3 is 5.73 Å². The fraction of sp³-hybridized carbons (Fsp3) is 0.214. The highest BCUT2D eigenvalue weighted by atomic mass is 15.1. The standard InChI is InChI=1S/C14H14N4/c15-9-1-2-13-7-8-14(18-17-13)12-5-3-11(10-16)4-6-12/h3-8H,1-2,9,15H2. The molecule has 0 unspecified atom stereocenters. The average molecular weight is 238 g/mol. The molecule has 0 aliphatic heterocycles. The number of hydrogen-bond acceptors (Lipinski definition) is 4. The monoisotopic (exact) mass is 238 g/mol. The highest BCUT2D eigenvalue weighted by Crippen LogP contribution is 2.16. The molecule has 0 aliphatic rings. The van der Waals surface area contributed by atoms with Gasteiger partial charge in [0.2, 0.25) is 0 Å². The Hall–Kier alpha value is -2.25. The van der Waals surface area contributed by atoms with E-state index >= 15 is 0 Å². The number of benzene rings is 1. The second kappa shape index (κ2) is 5.89. The van der Waals surface area contributed by atoms with E-state index < -0.39 is 0 Å². The van der Waals surface area contributed by atoms with Crippen LogP contribution in [0.2, 0.25) is 0 Å². The Bertz CT molecular complexity index is 538. The lowest BCUT2D eigenvalue weighted by Gasteiger charge is -2.02. The first-order chi connectivity index (χ1) is 8.83. The van der Waals surface area contributed by atoms with E-state index in [9.17, 15) is 0 Å². The summed E-state index contributed by atoms with van der Waals surface area (Å²) in [6.07, 6.45) is 1.78. The van der Waals surface area contributed by atoms with Crippen LogP contribution < -0.4 is 5.73 Å². The van der Waals surface area contributed by atoms with Crippen molar-refractivity contribution >= 4 is 0 Å². The van der Waals surface area contributed by atoms with Gasteiger partial charge in [-0.05, 0) is 43.7 Å². The minimum Gasteiger partial charge on any atom is -0.330 e. The molecule has 4 nitrogen and oxygen atoms in total. The summed E-state index contributed by atoms with van der Waals surface area (Å²) in [6, 6.07) is 13.3. The Balaban J connectivity index is 2.15. The minimum atomic E-state index is 0.645. The Morgan fingerprint density at radius 1 is 1.06 bits per heavy atom. The molecular formula is C14H14N4. The van der Waals surface area contributed by atoms with Gasteiger partial charge in [-0.1, -0.05) is 12.1 Å². The number of hydrogen-bond donors (Lipinski definition) is 1. The molecule has 2 N–H and O–H groups in total. The predicted octanol–water partition coefficient (Wildman–Crippen LogP) is 1.91. The van der Waals surface area contributed by atoms with Gasteiger partial charge in [0.15, 0.2) is 0 Å². The van der Waals surface area contributed by atoms with Crippen molar-refractivity contribution in [2.75, 3.05) is 6.54 Å². The summed E-state index contributed by atoms with van der Waals surface area (Å²) in [4.78, 5) is 0. The topological polar surface area (TPSA) is 75.6 Å². The van der Waals surface area contributed by atoms with Gasteiger partial charge in [0.1, 0.15) is 0 Å². The average Bonchev–Trinajstić information content (AvgIpc) is 2.46. The number of aromatic nitrogens is 2. The van der Waals surface area contributed by atoms with E-state index in [1.54, 1.807) is 12.1 Å². The molecule has 0 saturated heterocycles. The second-order valence-electron chi connectivity index (χ2n) is 3.99. The molecular weight excluding hydrogens is 224 g/mol. The first kappa shape index (κ1) is 12.2. The van der Waals surface area contributed by atoms with Crippen molar-refractivity contribution in [3.8, 4) is 17.3 Å². The zero-order valence-corrected chi connectivity index (χ0v) is 10.0. The molecule has 0 spiro atoms. The first-order valence-electron chi connectivity index (χ1n) is 5.86. The smallest absolute Gasteiger partial charge is 0.0991 e. The van der Waals surface area contributed by atoms with E-state index in [1.807, 2.05) is 24.3 Å². The number of aryl methyl sites for hydroxylation is 1. The zero-order valence-electron chi connectivity index (χ0n) is 10.0. The van der Waals surface area contributed by atoms with Crippen LogP contribution in [-0.4, -0.2) is 16.7 Å². The van der Waals surface area contributed by atoms with Crippen LogP contribution in [0.25, 0.3) is 11.3 Å². The summed E-state index contributed by atoms with van der Waals surface area (Å²) in [5, 5.41) is 17.1. The van der Waals surface area contributed by atoms with Gasteiger partial charge in [0.05, 0.1) is 23.0 Å². The Labute approximate surface area is 106 Å². The molecule has 0 bridgehead atoms. The molecule has 0 aliphatic carbocycles. The van der Waals surface area contributed by atoms with Crippen molar-refractivity contribution in [3.05, 3.63) is 47.7 Å². The van der Waals surface area contributed by atoms with Crippen molar-refractivity contribution < 1.29 is 0 Å². The molecule has 18 heavy (non-hydrogen) atoms. The molecule has 0 fully saturated rings. The van der Waals surface area contributed by atoms with E-state index in [0.29, 0.717) is 12.1 Å². The fourth-order valence-corrected chi connectivity index (χ4v) is 1.65. The van der Waals surface area contributed by atoms with Gasteiger partial charge in [0.25, 0.3) is 0 Å². The number of rotatable bonds is 4. The molecule has 0 saturated carbocycles. The van der Waals surface area contributed by atoms with Crippen molar-refractivity contribution in [1.29, 1.82) is 5.26 Å². The lowest BCUT2D eigenvalue weighted by Crippen LogP contribution is -2.02. The van der Waals surface area contributed by atoms with E-state index in [2.05, 4.69) is 16.3 Å². The third-order valence-corrected chi connectivity index (χ3v) is 2.67. The van der Waals surface area contributed by atoms with Crippen molar-refractivity contribution in [1.82, 2.24) is 10.2 Å². The summed E-state index contributed by atoms with van der Waals surface area (Å²) in [6.45, 7) is 0.666. The predicted molar refractivity (Wildman–Crippen MR) is 69.6 cm³/mol. The molecule has 2 aromatic rings. The maximum absolute atomic E-state index is 8.73. The SMILES string of the molecule is N#Cc1ccc(-c2ccc(CCCN)nn2)cc1. The Morgan fingerprint density at radius 2 is 1.83 bits per heavy atom. The van der Waals surface area contributed by atoms with E-state index in [-0.39, 0.29) is 0 Å². The van der Waals surface area contributed by atoms with Crippen LogP contribution in [0, 0.1) is 11.3 Å². The van der Waals surface area contributed by atoms with Gasteiger partial charge in [0, 0.05) is 5.56 Å². The summed E-state index contributed by atoms with van der Waals surface area (Å²) in [5.74, 6) is 0. The zero-order chi connectivity index (χ0) is 12.8. The number of nitriles is 1. The van der Waals surface area contributed by atoms with Gasteiger partial charge in [-0.3, -0.25) is 0 Å². The summed E-state index contributed by atoms with van der Waals surface area (Å²) in [5.41, 5.74) is 8.83. The van der Waals surface area contributed by atoms with Crippen molar-refractivity contribution in [3.63, 3.8) is 0 Å². The maximum Gasteiger partial charge on any atom is 0.0991 e. The molecule has 4 heteroatoms. The van der Waals surface area contributed by atoms with Crippen LogP contribution >= 0.6 is 0 Å². The second-order valence-corrected chi connectivity index (χ2v) is 3.99. The molecule has 0 atom stereocenters. The molecule has 2 rings (SSSR count). The van der Waals surface area contributed by atoms with Gasteiger partial charge in [-0.25, -0.2) is 0 Å². The molecule has 1 heterocycles. The van der Waals surface area contributed by atoms with Crippen LogP contribution in [-0.2, 0) is 6.42 Å². The summed E-state index contributed by atoms with van der Waals surface area (Å²) >= 11 is 0. The van der Waals surface area contributed by atoms with Crippen LogP contribution in [0.15, 0.2) is 36.4 Å². The summed E-state index contributed by atoms with van der Waals surface area (Å²) < 4.78 is 0. The lowest BCUT2D eigenvalue weighted by atomic mass is 10.1. The normalized spacial score (nSPS) is 10.0. The molecule has 90 valence electrons. The van der Waals surface area contributed by atoms with Gasteiger partial charge in [-0.2, -0.15) is 15.5 Å². The van der Waals surface area contributed by atoms with Crippen LogP contribution in [0.4, 0.5) is 0 Å². The van der Waals surface area contributed by atoms with Crippen LogP contribution in [0.5, 0.6) is 0 Å². The van der Waals surface area contributed by atoms with E-state index in [0.717, 1.165) is 29.8 Å². The number of nitrogens with zero attached hydrogens (tertiary/aromatic N) is 3. The van der Waals surface area contributed by atoms with Crippen LogP contribution in [0.3, 0.4) is 0 Å². The summed E-state index contributed by atoms with van der Waals surface area (Å²) in [7, 11) is 0. The Morgan fingerprint density at radius 3 is 2.39 bits per heavy atom. The maximum atomic E-state index is 8.73. The van der Waals surface area contributed by atoms with Crippen LogP contribution in [0.1, 0.15) is 17.7 Å². The third kappa shape index (κ3) is 2.90. The Kier molecular flexibility index (Phi) is 4.00. The lowest BCUT2D eigenvalue weighted by molar-refractivity contribution is 0.789. The van der Waals surface area contributed by atoms with Crippen molar-refractivity contribution in [2.24, 2.45) is 5.73 Å². The van der Waals surface area contributed by atoms with E-state index in [4.69, 9.17) is 11.0 Å². The first-order valence-corrected chi connectivity index (χ1v) is 5.86. The highest BCUT2D eigenvalue weighted by molar-refractivity contribution is 5.59. The number of nitrogens with two attached hydrogens (primary N) is 1. The fourth-order valence-electron chi connectivity index (χ4n) is 1.65. The molecule has 0 radical (unpaired) electrons. The van der Waals surface area contributed by atoms with Gasteiger partial charge in [-0.15, -0.1) is 0 Å². The minimum absolute atomic E-state index is 0.645. The highest BCUT2D eigenvalue weighted by Gasteiger charge is 2.01. The molecule has 0 amide bonds. The quantitative estimate of drug-likeness (QED) is 0.882. The third-order valence-electron chi connectivity index (χ3n) is 2.67. The largest absolute Gasteiger partial charge is 0.330 e. The molecule has 1 aromatic heterocycles. The van der Waals surface area contributed by atoms with E-state index in [1.165, 1.54) is 0 Å². The van der Waals surface area contributed by atoms with Gasteiger partial charge >= 0.3 is 0 Å².